The van der Waals surface area contributed by atoms with E-state index in [4.69, 9.17) is 11.6 Å². The highest BCUT2D eigenvalue weighted by atomic mass is 35.5. The number of aryl methyl sites for hydroxylation is 1. The van der Waals surface area contributed by atoms with Gasteiger partial charge >= 0.3 is 6.18 Å². The first-order chi connectivity index (χ1) is 12.8. The number of benzene rings is 2. The summed E-state index contributed by atoms with van der Waals surface area (Å²) in [5.41, 5.74) is 3.36. The molecule has 3 aromatic rings. The highest BCUT2D eigenvalue weighted by Gasteiger charge is 2.39. The Morgan fingerprint density at radius 2 is 1.70 bits per heavy atom. The number of hydrogen-bond acceptors (Lipinski definition) is 3. The van der Waals surface area contributed by atoms with Crippen LogP contribution in [-0.4, -0.2) is 14.8 Å². The molecule has 1 aliphatic rings. The van der Waals surface area contributed by atoms with Crippen molar-refractivity contribution in [3.63, 3.8) is 0 Å². The molecule has 2 heterocycles. The van der Waals surface area contributed by atoms with Gasteiger partial charge in [0.05, 0.1) is 0 Å². The van der Waals surface area contributed by atoms with Gasteiger partial charge in [-0.15, -0.1) is 5.10 Å². The molecule has 1 N–H and O–H groups in total. The van der Waals surface area contributed by atoms with Gasteiger partial charge in [0.1, 0.15) is 6.04 Å². The number of aromatic nitrogens is 3. The first-order valence-corrected chi connectivity index (χ1v) is 8.54. The van der Waals surface area contributed by atoms with Gasteiger partial charge < -0.3 is 5.32 Å². The maximum atomic E-state index is 13.1. The zero-order chi connectivity index (χ0) is 19.2. The normalized spacial score (nSPS) is 16.5. The molecule has 138 valence electrons. The summed E-state index contributed by atoms with van der Waals surface area (Å²) >= 11 is 5.94. The smallest absolute Gasteiger partial charge is 0.324 e. The van der Waals surface area contributed by atoms with Crippen molar-refractivity contribution in [2.45, 2.75) is 19.1 Å². The van der Waals surface area contributed by atoms with E-state index >= 15 is 0 Å². The van der Waals surface area contributed by atoms with Crippen LogP contribution in [0.3, 0.4) is 0 Å². The first-order valence-electron chi connectivity index (χ1n) is 8.16. The van der Waals surface area contributed by atoms with Gasteiger partial charge in [-0.1, -0.05) is 53.6 Å². The van der Waals surface area contributed by atoms with Gasteiger partial charge in [-0.25, -0.2) is 4.68 Å². The average molecular weight is 391 g/mol. The molecular formula is C19H14ClF3N4. The molecule has 8 heteroatoms. The minimum Gasteiger partial charge on any atom is -0.324 e. The van der Waals surface area contributed by atoms with E-state index in [1.54, 1.807) is 24.3 Å². The van der Waals surface area contributed by atoms with Crippen LogP contribution >= 0.6 is 11.6 Å². The highest BCUT2D eigenvalue weighted by Crippen LogP contribution is 2.35. The molecule has 4 nitrogen and oxygen atoms in total. The molecule has 1 unspecified atom stereocenters. The lowest BCUT2D eigenvalue weighted by atomic mass is 10.0. The van der Waals surface area contributed by atoms with Gasteiger partial charge in [0, 0.05) is 10.7 Å². The Balaban J connectivity index is 1.83. The molecule has 0 saturated heterocycles. The predicted octanol–water partition coefficient (Wildman–Crippen LogP) is 5.31. The van der Waals surface area contributed by atoms with E-state index in [0.717, 1.165) is 16.7 Å². The zero-order valence-electron chi connectivity index (χ0n) is 14.1. The minimum absolute atomic E-state index is 0.0420. The number of hydrogen-bond donors (Lipinski definition) is 1. The van der Waals surface area contributed by atoms with Crippen LogP contribution in [0.25, 0.3) is 5.70 Å². The SMILES string of the molecule is Cc1ccc(C2=CC(c3ccc(Cl)cc3)n3nc(C(F)(F)F)nc3N2)cc1. The standard InChI is InChI=1S/C19H14ClF3N4/c1-11-2-4-12(5-3-11)15-10-16(13-6-8-14(20)9-7-13)27-18(24-15)25-17(26-27)19(21,22)23/h2-10,16H,1H3,(H,24,25,26). The van der Waals surface area contributed by atoms with Crippen LogP contribution in [0.2, 0.25) is 5.02 Å². The summed E-state index contributed by atoms with van der Waals surface area (Å²) in [7, 11) is 0. The van der Waals surface area contributed by atoms with Crippen LogP contribution in [0.1, 0.15) is 28.6 Å². The number of halogens is 4. The minimum atomic E-state index is -4.62. The van der Waals surface area contributed by atoms with Gasteiger partial charge in [-0.05, 0) is 36.3 Å². The van der Waals surface area contributed by atoms with Crippen molar-refractivity contribution in [2.24, 2.45) is 0 Å². The number of anilines is 1. The lowest BCUT2D eigenvalue weighted by Gasteiger charge is -2.24. The monoisotopic (exact) mass is 390 g/mol. The largest absolute Gasteiger partial charge is 0.453 e. The third kappa shape index (κ3) is 3.42. The predicted molar refractivity (Wildman–Crippen MR) is 97.4 cm³/mol. The number of allylic oxidation sites excluding steroid dienone is 1. The van der Waals surface area contributed by atoms with E-state index < -0.39 is 18.0 Å². The van der Waals surface area contributed by atoms with Crippen molar-refractivity contribution in [2.75, 3.05) is 5.32 Å². The van der Waals surface area contributed by atoms with Gasteiger partial charge in [0.25, 0.3) is 5.82 Å². The molecule has 0 spiro atoms. The average Bonchev–Trinajstić information content (AvgIpc) is 3.07. The summed E-state index contributed by atoms with van der Waals surface area (Å²) in [6, 6.07) is 14.1. The topological polar surface area (TPSA) is 42.7 Å². The second-order valence-electron chi connectivity index (χ2n) is 6.27. The molecule has 0 fully saturated rings. The van der Waals surface area contributed by atoms with Crippen LogP contribution in [0.4, 0.5) is 19.1 Å². The van der Waals surface area contributed by atoms with E-state index in [2.05, 4.69) is 15.4 Å². The third-order valence-corrected chi connectivity index (χ3v) is 4.55. The Bertz CT molecular complexity index is 1000. The Hall–Kier alpha value is -2.80. The number of nitrogens with zero attached hydrogens (tertiary/aromatic N) is 3. The third-order valence-electron chi connectivity index (χ3n) is 4.29. The fourth-order valence-corrected chi connectivity index (χ4v) is 3.04. The van der Waals surface area contributed by atoms with Gasteiger partial charge in [-0.3, -0.25) is 0 Å². The molecule has 1 aliphatic heterocycles. The Kier molecular flexibility index (Phi) is 4.19. The maximum absolute atomic E-state index is 13.1. The summed E-state index contributed by atoms with van der Waals surface area (Å²) in [5, 5.41) is 7.19. The molecule has 0 saturated carbocycles. The summed E-state index contributed by atoms with van der Waals surface area (Å²) in [6.07, 6.45) is -2.80. The molecule has 1 atom stereocenters. The van der Waals surface area contributed by atoms with Crippen LogP contribution in [0.15, 0.2) is 54.6 Å². The molecule has 4 rings (SSSR count). The van der Waals surface area contributed by atoms with Crippen molar-refractivity contribution in [3.05, 3.63) is 82.1 Å². The molecule has 1 aromatic heterocycles. The fraction of sp³-hybridized carbons (Fsp3) is 0.158. The molecule has 0 amide bonds. The molecule has 2 aromatic carbocycles. The summed E-state index contributed by atoms with van der Waals surface area (Å²) in [4.78, 5) is 3.66. The number of nitrogens with one attached hydrogen (secondary N) is 1. The van der Waals surface area contributed by atoms with Gasteiger partial charge in [0.15, 0.2) is 0 Å². The highest BCUT2D eigenvalue weighted by molar-refractivity contribution is 6.30. The van der Waals surface area contributed by atoms with Crippen molar-refractivity contribution < 1.29 is 13.2 Å². The van der Waals surface area contributed by atoms with Crippen molar-refractivity contribution in [1.29, 1.82) is 0 Å². The van der Waals surface area contributed by atoms with Gasteiger partial charge in [0.2, 0.25) is 5.95 Å². The van der Waals surface area contributed by atoms with Crippen molar-refractivity contribution >= 4 is 23.2 Å². The van der Waals surface area contributed by atoms with E-state index in [1.165, 1.54) is 4.68 Å². The van der Waals surface area contributed by atoms with E-state index in [9.17, 15) is 13.2 Å². The molecule has 0 radical (unpaired) electrons. The number of rotatable bonds is 2. The molecular weight excluding hydrogens is 377 g/mol. The molecule has 0 bridgehead atoms. The van der Waals surface area contributed by atoms with Gasteiger partial charge in [-0.2, -0.15) is 18.2 Å². The van der Waals surface area contributed by atoms with E-state index in [-0.39, 0.29) is 5.95 Å². The molecule has 0 aliphatic carbocycles. The van der Waals surface area contributed by atoms with E-state index in [0.29, 0.717) is 10.7 Å². The summed E-state index contributed by atoms with van der Waals surface area (Å²) in [5.74, 6) is -1.14. The Labute approximate surface area is 158 Å². The second kappa shape index (κ2) is 6.42. The van der Waals surface area contributed by atoms with Crippen molar-refractivity contribution in [3.8, 4) is 0 Å². The van der Waals surface area contributed by atoms with Crippen molar-refractivity contribution in [1.82, 2.24) is 14.8 Å². The maximum Gasteiger partial charge on any atom is 0.453 e. The quantitative estimate of drug-likeness (QED) is 0.644. The van der Waals surface area contributed by atoms with Crippen LogP contribution in [0, 0.1) is 6.92 Å². The Morgan fingerprint density at radius 1 is 1.04 bits per heavy atom. The van der Waals surface area contributed by atoms with Crippen LogP contribution in [-0.2, 0) is 6.18 Å². The summed E-state index contributed by atoms with van der Waals surface area (Å²) < 4.78 is 40.6. The second-order valence-corrected chi connectivity index (χ2v) is 6.71. The first kappa shape index (κ1) is 17.6. The molecule has 27 heavy (non-hydrogen) atoms. The van der Waals surface area contributed by atoms with E-state index in [1.807, 2.05) is 37.3 Å². The number of alkyl halides is 3. The lowest BCUT2D eigenvalue weighted by Crippen LogP contribution is -2.20. The zero-order valence-corrected chi connectivity index (χ0v) is 14.9. The Morgan fingerprint density at radius 3 is 2.33 bits per heavy atom. The lowest BCUT2D eigenvalue weighted by molar-refractivity contribution is -0.145. The van der Waals surface area contributed by atoms with Crippen LogP contribution in [0.5, 0.6) is 0 Å². The summed E-state index contributed by atoms with van der Waals surface area (Å²) in [6.45, 7) is 1.97. The number of fused-ring (bicyclic) bond motifs is 1. The van der Waals surface area contributed by atoms with Crippen LogP contribution < -0.4 is 5.32 Å². The fourth-order valence-electron chi connectivity index (χ4n) is 2.91.